The molecule has 7 nitrogen and oxygen atoms in total. The SMILES string of the molecule is COCCn1cnc2sc(C(=O)NCc3ccccc3OC)c(C)c2c1=O. The molecule has 0 saturated carbocycles. The fourth-order valence-corrected chi connectivity index (χ4v) is 3.89. The molecule has 27 heavy (non-hydrogen) atoms. The van der Waals surface area contributed by atoms with Crippen LogP contribution in [0.4, 0.5) is 0 Å². The third-order valence-corrected chi connectivity index (χ3v) is 5.49. The topological polar surface area (TPSA) is 82.5 Å². The van der Waals surface area contributed by atoms with E-state index in [0.29, 0.717) is 46.1 Å². The molecule has 0 spiro atoms. The Morgan fingerprint density at radius 2 is 2.07 bits per heavy atom. The van der Waals surface area contributed by atoms with Crippen molar-refractivity contribution in [3.05, 3.63) is 57.0 Å². The van der Waals surface area contributed by atoms with Gasteiger partial charge in [0, 0.05) is 19.2 Å². The number of carbonyl (C=O) groups is 1. The van der Waals surface area contributed by atoms with Crippen molar-refractivity contribution >= 4 is 27.5 Å². The quantitative estimate of drug-likeness (QED) is 0.673. The van der Waals surface area contributed by atoms with Gasteiger partial charge in [-0.1, -0.05) is 18.2 Å². The lowest BCUT2D eigenvalue weighted by atomic mass is 10.2. The van der Waals surface area contributed by atoms with E-state index in [0.717, 1.165) is 5.56 Å². The van der Waals surface area contributed by atoms with E-state index in [1.165, 1.54) is 22.2 Å². The highest BCUT2D eigenvalue weighted by molar-refractivity contribution is 7.20. The fourth-order valence-electron chi connectivity index (χ4n) is 2.83. The Kier molecular flexibility index (Phi) is 5.88. The average molecular weight is 387 g/mol. The molecular formula is C19H21N3O4S. The number of ether oxygens (including phenoxy) is 2. The molecule has 0 radical (unpaired) electrons. The van der Waals surface area contributed by atoms with Gasteiger partial charge in [-0.2, -0.15) is 0 Å². The van der Waals surface area contributed by atoms with Gasteiger partial charge in [0.1, 0.15) is 10.6 Å². The summed E-state index contributed by atoms with van der Waals surface area (Å²) in [6, 6.07) is 7.51. The van der Waals surface area contributed by atoms with E-state index in [1.807, 2.05) is 24.3 Å². The summed E-state index contributed by atoms with van der Waals surface area (Å²) >= 11 is 1.22. The Bertz CT molecular complexity index is 1030. The van der Waals surface area contributed by atoms with Gasteiger partial charge < -0.3 is 14.8 Å². The zero-order chi connectivity index (χ0) is 19.4. The first-order valence-electron chi connectivity index (χ1n) is 8.44. The molecule has 0 atom stereocenters. The number of fused-ring (bicyclic) bond motifs is 1. The molecule has 2 aromatic heterocycles. The summed E-state index contributed by atoms with van der Waals surface area (Å²) in [6.45, 7) is 2.95. The number of aromatic nitrogens is 2. The van der Waals surface area contributed by atoms with Crippen molar-refractivity contribution in [3.8, 4) is 5.75 Å². The number of hydrogen-bond acceptors (Lipinski definition) is 6. The number of nitrogens with one attached hydrogen (secondary N) is 1. The Morgan fingerprint density at radius 1 is 1.30 bits per heavy atom. The minimum absolute atomic E-state index is 0.158. The Hall–Kier alpha value is -2.71. The molecule has 1 amide bonds. The summed E-state index contributed by atoms with van der Waals surface area (Å²) in [5.41, 5.74) is 1.37. The predicted octanol–water partition coefficient (Wildman–Crippen LogP) is 2.35. The molecule has 0 fully saturated rings. The second kappa shape index (κ2) is 8.32. The van der Waals surface area contributed by atoms with Crippen molar-refractivity contribution in [1.82, 2.24) is 14.9 Å². The van der Waals surface area contributed by atoms with E-state index in [-0.39, 0.29) is 11.5 Å². The highest BCUT2D eigenvalue weighted by atomic mass is 32.1. The van der Waals surface area contributed by atoms with Gasteiger partial charge in [0.2, 0.25) is 0 Å². The van der Waals surface area contributed by atoms with Crippen LogP contribution in [0.25, 0.3) is 10.2 Å². The molecule has 0 bridgehead atoms. The van der Waals surface area contributed by atoms with Gasteiger partial charge in [0.05, 0.1) is 36.9 Å². The van der Waals surface area contributed by atoms with Crippen LogP contribution in [0, 0.1) is 6.92 Å². The number of benzene rings is 1. The Morgan fingerprint density at radius 3 is 2.81 bits per heavy atom. The Labute approximate surface area is 160 Å². The zero-order valence-electron chi connectivity index (χ0n) is 15.4. The molecule has 3 rings (SSSR count). The molecule has 142 valence electrons. The maximum atomic E-state index is 12.7. The van der Waals surface area contributed by atoms with Crippen molar-refractivity contribution in [2.45, 2.75) is 20.0 Å². The van der Waals surface area contributed by atoms with E-state index in [2.05, 4.69) is 10.3 Å². The molecule has 1 aromatic carbocycles. The number of thiophene rings is 1. The number of aryl methyl sites for hydroxylation is 1. The highest BCUT2D eigenvalue weighted by Crippen LogP contribution is 2.27. The average Bonchev–Trinajstić information content (AvgIpc) is 3.03. The monoisotopic (exact) mass is 387 g/mol. The second-order valence-electron chi connectivity index (χ2n) is 5.97. The van der Waals surface area contributed by atoms with E-state index in [4.69, 9.17) is 9.47 Å². The molecule has 0 saturated heterocycles. The molecule has 0 aliphatic rings. The number of carbonyl (C=O) groups excluding carboxylic acids is 1. The van der Waals surface area contributed by atoms with Gasteiger partial charge in [-0.15, -0.1) is 11.3 Å². The van der Waals surface area contributed by atoms with Crippen LogP contribution in [0.5, 0.6) is 5.75 Å². The van der Waals surface area contributed by atoms with Crippen LogP contribution >= 0.6 is 11.3 Å². The zero-order valence-corrected chi connectivity index (χ0v) is 16.3. The molecule has 8 heteroatoms. The molecule has 3 aromatic rings. The minimum atomic E-state index is -0.232. The molecule has 0 aliphatic carbocycles. The second-order valence-corrected chi connectivity index (χ2v) is 6.97. The number of para-hydroxylation sites is 1. The summed E-state index contributed by atoms with van der Waals surface area (Å²) in [6.07, 6.45) is 1.50. The van der Waals surface area contributed by atoms with E-state index >= 15 is 0 Å². The molecule has 0 unspecified atom stereocenters. The number of rotatable bonds is 7. The van der Waals surface area contributed by atoms with Gasteiger partial charge >= 0.3 is 0 Å². The largest absolute Gasteiger partial charge is 0.496 e. The maximum absolute atomic E-state index is 12.7. The summed E-state index contributed by atoms with van der Waals surface area (Å²) < 4.78 is 11.8. The van der Waals surface area contributed by atoms with Crippen LogP contribution in [0.2, 0.25) is 0 Å². The summed E-state index contributed by atoms with van der Waals surface area (Å²) in [5, 5.41) is 3.38. The van der Waals surface area contributed by atoms with Gasteiger partial charge in [-0.3, -0.25) is 14.2 Å². The third kappa shape index (κ3) is 3.86. The lowest BCUT2D eigenvalue weighted by Crippen LogP contribution is -2.24. The van der Waals surface area contributed by atoms with Crippen LogP contribution in [0.1, 0.15) is 20.8 Å². The Balaban J connectivity index is 1.86. The smallest absolute Gasteiger partial charge is 0.262 e. The van der Waals surface area contributed by atoms with Crippen LogP contribution in [0.3, 0.4) is 0 Å². The maximum Gasteiger partial charge on any atom is 0.262 e. The van der Waals surface area contributed by atoms with Crippen molar-refractivity contribution in [1.29, 1.82) is 0 Å². The number of hydrogen-bond donors (Lipinski definition) is 1. The van der Waals surface area contributed by atoms with Gasteiger partial charge in [0.15, 0.2) is 0 Å². The van der Waals surface area contributed by atoms with E-state index < -0.39 is 0 Å². The summed E-state index contributed by atoms with van der Waals surface area (Å²) in [5.74, 6) is 0.484. The molecular weight excluding hydrogens is 366 g/mol. The first kappa shape index (κ1) is 19.1. The van der Waals surface area contributed by atoms with Crippen molar-refractivity contribution in [2.24, 2.45) is 0 Å². The first-order chi connectivity index (χ1) is 13.1. The van der Waals surface area contributed by atoms with Crippen molar-refractivity contribution in [2.75, 3.05) is 20.8 Å². The number of amides is 1. The third-order valence-electron chi connectivity index (χ3n) is 4.29. The fraction of sp³-hybridized carbons (Fsp3) is 0.316. The lowest BCUT2D eigenvalue weighted by Gasteiger charge is -2.09. The van der Waals surface area contributed by atoms with Crippen LogP contribution < -0.4 is 15.6 Å². The molecule has 1 N–H and O–H groups in total. The minimum Gasteiger partial charge on any atom is -0.496 e. The normalized spacial score (nSPS) is 10.9. The van der Waals surface area contributed by atoms with Crippen molar-refractivity contribution < 1.29 is 14.3 Å². The number of methoxy groups -OCH3 is 2. The van der Waals surface area contributed by atoms with E-state index in [1.54, 1.807) is 21.1 Å². The van der Waals surface area contributed by atoms with Gasteiger partial charge in [-0.05, 0) is 18.6 Å². The van der Waals surface area contributed by atoms with E-state index in [9.17, 15) is 9.59 Å². The molecule has 2 heterocycles. The van der Waals surface area contributed by atoms with Gasteiger partial charge in [0.25, 0.3) is 11.5 Å². The van der Waals surface area contributed by atoms with Crippen LogP contribution in [0.15, 0.2) is 35.4 Å². The van der Waals surface area contributed by atoms with Crippen molar-refractivity contribution in [3.63, 3.8) is 0 Å². The highest BCUT2D eigenvalue weighted by Gasteiger charge is 2.19. The standard InChI is InChI=1S/C19H21N3O4S/c1-12-15-18(21-11-22(19(15)24)8-9-25-2)27-16(12)17(23)20-10-13-6-4-5-7-14(13)26-3/h4-7,11H,8-10H2,1-3H3,(H,20,23). The van der Waals surface area contributed by atoms with Crippen LogP contribution in [-0.4, -0.2) is 36.3 Å². The molecule has 0 aliphatic heterocycles. The number of nitrogens with zero attached hydrogens (tertiary/aromatic N) is 2. The first-order valence-corrected chi connectivity index (χ1v) is 9.26. The van der Waals surface area contributed by atoms with Crippen LogP contribution in [-0.2, 0) is 17.8 Å². The van der Waals surface area contributed by atoms with Gasteiger partial charge in [-0.25, -0.2) is 4.98 Å². The summed E-state index contributed by atoms with van der Waals surface area (Å²) in [7, 11) is 3.17. The predicted molar refractivity (Wildman–Crippen MR) is 105 cm³/mol. The lowest BCUT2D eigenvalue weighted by molar-refractivity contribution is 0.0954. The summed E-state index contributed by atoms with van der Waals surface area (Å²) in [4.78, 5) is 30.7.